The Morgan fingerprint density at radius 1 is 1.10 bits per heavy atom. The van der Waals surface area contributed by atoms with Crippen molar-refractivity contribution in [3.8, 4) is 0 Å². The van der Waals surface area contributed by atoms with Crippen LogP contribution >= 0.6 is 7.82 Å². The van der Waals surface area contributed by atoms with Gasteiger partial charge in [-0.15, -0.1) is 0 Å². The number of esters is 1. The van der Waals surface area contributed by atoms with Crippen molar-refractivity contribution in [3.63, 3.8) is 0 Å². The second-order valence-corrected chi connectivity index (χ2v) is 5.62. The second kappa shape index (κ2) is 9.20. The molecule has 0 bridgehead atoms. The Morgan fingerprint density at radius 3 is 2.15 bits per heavy atom. The van der Waals surface area contributed by atoms with Crippen molar-refractivity contribution in [2.75, 3.05) is 27.4 Å². The second-order valence-electron chi connectivity index (χ2n) is 3.89. The number of methoxy groups -OCH3 is 1. The van der Waals surface area contributed by atoms with Gasteiger partial charge in [-0.1, -0.05) is 0 Å². The minimum absolute atomic E-state index is 0.0206. The van der Waals surface area contributed by atoms with E-state index in [-0.39, 0.29) is 19.0 Å². The van der Waals surface area contributed by atoms with Crippen LogP contribution < -0.4 is 0 Å². The maximum atomic E-state index is 12.0. The molecule has 0 aliphatic heterocycles. The first-order chi connectivity index (χ1) is 9.25. The Balaban J connectivity index is 4.45. The summed E-state index contributed by atoms with van der Waals surface area (Å²) in [7, 11) is -1.29. The number of rotatable bonds is 10. The van der Waals surface area contributed by atoms with Gasteiger partial charge < -0.3 is 9.47 Å². The lowest BCUT2D eigenvalue weighted by Gasteiger charge is -2.20. The molecular formula is C11H21O8P. The number of hydrogen-bond donors (Lipinski definition) is 0. The molecule has 118 valence electrons. The first-order valence-corrected chi connectivity index (χ1v) is 7.40. The highest BCUT2D eigenvalue weighted by Gasteiger charge is 2.32. The Morgan fingerprint density at radius 2 is 1.70 bits per heavy atom. The lowest BCUT2D eigenvalue weighted by molar-refractivity contribution is -0.160. The molecular weight excluding hydrogens is 291 g/mol. The molecule has 0 heterocycles. The fraction of sp³-hybridized carbons (Fsp3) is 0.818. The molecule has 0 aromatic rings. The fourth-order valence-electron chi connectivity index (χ4n) is 0.948. The van der Waals surface area contributed by atoms with Gasteiger partial charge in [0.2, 0.25) is 0 Å². The molecule has 3 atom stereocenters. The van der Waals surface area contributed by atoms with E-state index in [0.29, 0.717) is 0 Å². The van der Waals surface area contributed by atoms with E-state index in [1.807, 2.05) is 0 Å². The van der Waals surface area contributed by atoms with Crippen LogP contribution in [0.3, 0.4) is 0 Å². The quantitative estimate of drug-likeness (QED) is 0.338. The van der Waals surface area contributed by atoms with E-state index in [1.165, 1.54) is 27.9 Å². The maximum absolute atomic E-state index is 12.0. The molecule has 8 nitrogen and oxygen atoms in total. The van der Waals surface area contributed by atoms with E-state index >= 15 is 0 Å². The zero-order valence-electron chi connectivity index (χ0n) is 12.3. The topological polar surface area (TPSA) is 97.4 Å². The van der Waals surface area contributed by atoms with E-state index in [4.69, 9.17) is 18.5 Å². The van der Waals surface area contributed by atoms with Gasteiger partial charge >= 0.3 is 13.8 Å². The van der Waals surface area contributed by atoms with E-state index in [9.17, 15) is 14.2 Å². The minimum Gasteiger partial charge on any atom is -0.453 e. The van der Waals surface area contributed by atoms with Gasteiger partial charge in [-0.05, 0) is 20.8 Å². The Kier molecular flexibility index (Phi) is 8.84. The highest BCUT2D eigenvalue weighted by molar-refractivity contribution is 7.48. The molecule has 0 aromatic carbocycles. The molecule has 3 unspecified atom stereocenters. The van der Waals surface area contributed by atoms with Crippen LogP contribution in [0.15, 0.2) is 0 Å². The summed E-state index contributed by atoms with van der Waals surface area (Å²) in [4.78, 5) is 22.6. The summed E-state index contributed by atoms with van der Waals surface area (Å²) in [5, 5.41) is 0. The summed E-state index contributed by atoms with van der Waals surface area (Å²) >= 11 is 0. The molecule has 0 rings (SSSR count). The fourth-order valence-corrected chi connectivity index (χ4v) is 1.97. The van der Waals surface area contributed by atoms with Crippen molar-refractivity contribution in [1.29, 1.82) is 0 Å². The van der Waals surface area contributed by atoms with E-state index < -0.39 is 26.0 Å². The van der Waals surface area contributed by atoms with Gasteiger partial charge in [-0.2, -0.15) is 0 Å². The Labute approximate surface area is 118 Å². The van der Waals surface area contributed by atoms with Gasteiger partial charge in [0.05, 0.1) is 13.2 Å². The zero-order chi connectivity index (χ0) is 15.8. The maximum Gasteiger partial charge on any atom is 0.475 e. The van der Waals surface area contributed by atoms with Gasteiger partial charge in [0, 0.05) is 14.2 Å². The van der Waals surface area contributed by atoms with Gasteiger partial charge in [0.25, 0.3) is 0 Å². The highest BCUT2D eigenvalue weighted by Crippen LogP contribution is 2.49. The number of phosphoric acid groups is 1. The van der Waals surface area contributed by atoms with Crippen LogP contribution in [0.2, 0.25) is 0 Å². The van der Waals surface area contributed by atoms with Crippen molar-refractivity contribution in [3.05, 3.63) is 0 Å². The predicted octanol–water partition coefficient (Wildman–Crippen LogP) is 1.33. The van der Waals surface area contributed by atoms with Crippen LogP contribution in [0.25, 0.3) is 0 Å². The molecule has 0 aromatic heterocycles. The standard InChI is InChI=1S/C11H21O8P/c1-8(12)9(2)18-11(13)10(3)19-20(14,16-5)17-7-6-15-4/h9-10H,6-7H2,1-5H3. The van der Waals surface area contributed by atoms with Crippen LogP contribution in [0.1, 0.15) is 20.8 Å². The molecule has 20 heavy (non-hydrogen) atoms. The largest absolute Gasteiger partial charge is 0.475 e. The Hall–Kier alpha value is -0.790. The van der Waals surface area contributed by atoms with Crippen molar-refractivity contribution >= 4 is 19.6 Å². The van der Waals surface area contributed by atoms with E-state index in [0.717, 1.165) is 7.11 Å². The lowest BCUT2D eigenvalue weighted by atomic mass is 10.3. The molecule has 0 radical (unpaired) electrons. The van der Waals surface area contributed by atoms with Crippen molar-refractivity contribution in [2.24, 2.45) is 0 Å². The van der Waals surface area contributed by atoms with Gasteiger partial charge in [-0.25, -0.2) is 9.36 Å². The third-order valence-corrected chi connectivity index (χ3v) is 3.77. The third kappa shape index (κ3) is 7.12. The van der Waals surface area contributed by atoms with Gasteiger partial charge in [0.15, 0.2) is 18.0 Å². The van der Waals surface area contributed by atoms with Gasteiger partial charge in [0.1, 0.15) is 0 Å². The van der Waals surface area contributed by atoms with Crippen molar-refractivity contribution < 1.29 is 37.2 Å². The normalized spacial score (nSPS) is 17.1. The highest BCUT2D eigenvalue weighted by atomic mass is 31.2. The molecule has 0 saturated heterocycles. The molecule has 0 N–H and O–H groups in total. The van der Waals surface area contributed by atoms with Crippen LogP contribution in [0.5, 0.6) is 0 Å². The van der Waals surface area contributed by atoms with E-state index in [2.05, 4.69) is 4.52 Å². The molecule has 0 amide bonds. The van der Waals surface area contributed by atoms with Gasteiger partial charge in [-0.3, -0.25) is 18.4 Å². The number of carbonyl (C=O) groups excluding carboxylic acids is 2. The molecule has 0 aliphatic rings. The van der Waals surface area contributed by atoms with Crippen LogP contribution in [0.4, 0.5) is 0 Å². The number of hydrogen-bond acceptors (Lipinski definition) is 8. The summed E-state index contributed by atoms with van der Waals surface area (Å²) in [6.07, 6.45) is -2.10. The third-order valence-electron chi connectivity index (χ3n) is 2.25. The molecule has 0 saturated carbocycles. The van der Waals surface area contributed by atoms with Crippen LogP contribution in [-0.4, -0.2) is 51.4 Å². The number of phosphoric ester groups is 1. The summed E-state index contributed by atoms with van der Waals surface area (Å²) < 4.78 is 36.0. The summed E-state index contributed by atoms with van der Waals surface area (Å²) in [5.41, 5.74) is 0. The monoisotopic (exact) mass is 312 g/mol. The average molecular weight is 312 g/mol. The summed E-state index contributed by atoms with van der Waals surface area (Å²) in [6, 6.07) is 0. The number of ether oxygens (including phenoxy) is 2. The Bertz CT molecular complexity index is 369. The smallest absolute Gasteiger partial charge is 0.453 e. The zero-order valence-corrected chi connectivity index (χ0v) is 13.2. The van der Waals surface area contributed by atoms with Crippen molar-refractivity contribution in [1.82, 2.24) is 0 Å². The van der Waals surface area contributed by atoms with Crippen LogP contribution in [-0.2, 0) is 37.2 Å². The summed E-state index contributed by atoms with van der Waals surface area (Å²) in [6.45, 7) is 4.21. The molecule has 0 fully saturated rings. The molecule has 0 spiro atoms. The lowest BCUT2D eigenvalue weighted by Crippen LogP contribution is -2.29. The first-order valence-electron chi connectivity index (χ1n) is 5.94. The van der Waals surface area contributed by atoms with Crippen LogP contribution in [0, 0.1) is 0 Å². The molecule has 9 heteroatoms. The number of ketones is 1. The number of carbonyl (C=O) groups is 2. The van der Waals surface area contributed by atoms with Crippen molar-refractivity contribution in [2.45, 2.75) is 33.0 Å². The SMILES string of the molecule is COCCOP(=O)(OC)OC(C)C(=O)OC(C)C(C)=O. The van der Waals surface area contributed by atoms with E-state index in [1.54, 1.807) is 0 Å². The average Bonchev–Trinajstić information content (AvgIpc) is 2.38. The minimum atomic E-state index is -3.87. The summed E-state index contributed by atoms with van der Waals surface area (Å²) in [5.74, 6) is -1.14. The molecule has 0 aliphatic carbocycles. The predicted molar refractivity (Wildman–Crippen MR) is 69.2 cm³/mol. The first kappa shape index (κ1) is 19.2. The number of Topliss-reactive ketones (excluding diaryl/α,β-unsaturated/α-hetero) is 1.